The first-order chi connectivity index (χ1) is 12.0. The lowest BCUT2D eigenvalue weighted by atomic mass is 10.1. The maximum Gasteiger partial charge on any atom is 0.270 e. The van der Waals surface area contributed by atoms with Gasteiger partial charge in [0.05, 0.1) is 22.1 Å². The molecule has 25 heavy (non-hydrogen) atoms. The molecule has 1 heterocycles. The maximum atomic E-state index is 10.9. The number of hydrogen-bond acceptors (Lipinski definition) is 5. The molecular weight excluding hydrogens is 316 g/mol. The molecule has 0 aliphatic carbocycles. The number of hydrogen-bond donors (Lipinski definition) is 1. The van der Waals surface area contributed by atoms with Crippen molar-refractivity contribution in [2.75, 3.05) is 5.32 Å². The Kier molecular flexibility index (Phi) is 4.31. The normalized spacial score (nSPS) is 11.7. The lowest BCUT2D eigenvalue weighted by Crippen LogP contribution is -2.08. The quantitative estimate of drug-likeness (QED) is 0.561. The second-order valence-corrected chi connectivity index (χ2v) is 5.90. The lowest BCUT2D eigenvalue weighted by Gasteiger charge is -2.16. The molecule has 0 saturated carbocycles. The topological polar surface area (TPSA) is 91.8 Å². The van der Waals surface area contributed by atoms with Crippen LogP contribution in [0.2, 0.25) is 0 Å². The summed E-state index contributed by atoms with van der Waals surface area (Å²) in [7, 11) is 0. The summed E-state index contributed by atoms with van der Waals surface area (Å²) in [5.74, 6) is 0.561. The molecule has 6 nitrogen and oxygen atoms in total. The zero-order chi connectivity index (χ0) is 18.0. The summed E-state index contributed by atoms with van der Waals surface area (Å²) in [6.45, 7) is 4.05. The summed E-state index contributed by atoms with van der Waals surface area (Å²) in [6, 6.07) is 16.2. The molecule has 0 bridgehead atoms. The number of nitro benzene ring substituents is 1. The molecule has 0 aliphatic heterocycles. The van der Waals surface area contributed by atoms with Crippen LogP contribution in [0.4, 0.5) is 11.5 Å². The number of aromatic nitrogens is 1. The van der Waals surface area contributed by atoms with Gasteiger partial charge in [0.2, 0.25) is 0 Å². The number of non-ortho nitro benzene ring substituents is 1. The largest absolute Gasteiger partial charge is 0.363 e. The molecular formula is C19H16N4O2. The predicted octanol–water partition coefficient (Wildman–Crippen LogP) is 4.50. The van der Waals surface area contributed by atoms with E-state index < -0.39 is 4.92 Å². The standard InChI is InChI=1S/C19H16N4O2/c1-12-3-5-14(6-4-12)13(2)21-19-9-15(11-20)17-10-16(23(24)25)7-8-18(17)22-19/h3-10,13H,1-2H3,(H,21,22). The van der Waals surface area contributed by atoms with Crippen molar-refractivity contribution in [3.05, 3.63) is 75.3 Å². The second kappa shape index (κ2) is 6.57. The Morgan fingerprint density at radius 1 is 1.20 bits per heavy atom. The molecule has 0 aliphatic rings. The first-order valence-corrected chi connectivity index (χ1v) is 7.80. The van der Waals surface area contributed by atoms with Crippen LogP contribution in [0.1, 0.15) is 29.7 Å². The van der Waals surface area contributed by atoms with Gasteiger partial charge in [-0.3, -0.25) is 10.1 Å². The highest BCUT2D eigenvalue weighted by molar-refractivity contribution is 5.88. The molecule has 1 N–H and O–H groups in total. The van der Waals surface area contributed by atoms with E-state index in [0.29, 0.717) is 22.3 Å². The molecule has 6 heteroatoms. The molecule has 0 radical (unpaired) electrons. The highest BCUT2D eigenvalue weighted by Crippen LogP contribution is 2.26. The zero-order valence-corrected chi connectivity index (χ0v) is 13.9. The number of nitrogens with zero attached hydrogens (tertiary/aromatic N) is 3. The third kappa shape index (κ3) is 3.40. The van der Waals surface area contributed by atoms with Crippen molar-refractivity contribution in [2.24, 2.45) is 0 Å². The monoisotopic (exact) mass is 332 g/mol. The zero-order valence-electron chi connectivity index (χ0n) is 13.9. The number of rotatable bonds is 4. The summed E-state index contributed by atoms with van der Waals surface area (Å²) < 4.78 is 0. The first-order valence-electron chi connectivity index (χ1n) is 7.80. The average molecular weight is 332 g/mol. The van der Waals surface area contributed by atoms with Crippen molar-refractivity contribution in [2.45, 2.75) is 19.9 Å². The van der Waals surface area contributed by atoms with Crippen LogP contribution in [0.25, 0.3) is 10.9 Å². The molecule has 0 spiro atoms. The first kappa shape index (κ1) is 16.4. The van der Waals surface area contributed by atoms with Crippen molar-refractivity contribution in [3.8, 4) is 6.07 Å². The van der Waals surface area contributed by atoms with Crippen molar-refractivity contribution < 1.29 is 4.92 Å². The van der Waals surface area contributed by atoms with Gasteiger partial charge < -0.3 is 5.32 Å². The fraction of sp³-hybridized carbons (Fsp3) is 0.158. The minimum absolute atomic E-state index is 0.00939. The number of benzene rings is 2. The molecule has 1 unspecified atom stereocenters. The number of pyridine rings is 1. The molecule has 2 aromatic carbocycles. The van der Waals surface area contributed by atoms with Crippen molar-refractivity contribution >= 4 is 22.4 Å². The lowest BCUT2D eigenvalue weighted by molar-refractivity contribution is -0.384. The third-order valence-corrected chi connectivity index (χ3v) is 4.07. The van der Waals surface area contributed by atoms with Crippen LogP contribution in [0, 0.1) is 28.4 Å². The number of anilines is 1. The molecule has 3 rings (SSSR count). The highest BCUT2D eigenvalue weighted by Gasteiger charge is 2.13. The molecule has 1 atom stereocenters. The molecule has 124 valence electrons. The van der Waals surface area contributed by atoms with Gasteiger partial charge in [0.1, 0.15) is 5.82 Å². The van der Waals surface area contributed by atoms with E-state index in [9.17, 15) is 15.4 Å². The Hall–Kier alpha value is -3.46. The minimum atomic E-state index is -0.480. The van der Waals surface area contributed by atoms with E-state index in [4.69, 9.17) is 0 Å². The Balaban J connectivity index is 1.97. The van der Waals surface area contributed by atoms with Crippen LogP contribution >= 0.6 is 0 Å². The van der Waals surface area contributed by atoms with Crippen LogP contribution in [-0.2, 0) is 0 Å². The van der Waals surface area contributed by atoms with E-state index in [1.165, 1.54) is 17.7 Å². The van der Waals surface area contributed by atoms with Crippen LogP contribution in [0.15, 0.2) is 48.5 Å². The predicted molar refractivity (Wildman–Crippen MR) is 96.3 cm³/mol. The van der Waals surface area contributed by atoms with E-state index in [2.05, 4.69) is 16.4 Å². The molecule has 1 aromatic heterocycles. The van der Waals surface area contributed by atoms with Gasteiger partial charge in [0, 0.05) is 23.6 Å². The fourth-order valence-corrected chi connectivity index (χ4v) is 2.65. The van der Waals surface area contributed by atoms with Gasteiger partial charge in [-0.25, -0.2) is 4.98 Å². The SMILES string of the molecule is Cc1ccc(C(C)Nc2cc(C#N)c3cc([N+](=O)[O-])ccc3n2)cc1. The van der Waals surface area contributed by atoms with Crippen LogP contribution < -0.4 is 5.32 Å². The third-order valence-electron chi connectivity index (χ3n) is 4.07. The smallest absolute Gasteiger partial charge is 0.270 e. The highest BCUT2D eigenvalue weighted by atomic mass is 16.6. The molecule has 0 amide bonds. The molecule has 0 fully saturated rings. The van der Waals surface area contributed by atoms with Gasteiger partial charge in [0.15, 0.2) is 0 Å². The van der Waals surface area contributed by atoms with Crippen molar-refractivity contribution in [1.29, 1.82) is 5.26 Å². The van der Waals surface area contributed by atoms with Gasteiger partial charge in [-0.2, -0.15) is 5.26 Å². The van der Waals surface area contributed by atoms with E-state index in [0.717, 1.165) is 5.56 Å². The summed E-state index contributed by atoms with van der Waals surface area (Å²) >= 11 is 0. The van der Waals surface area contributed by atoms with Gasteiger partial charge in [-0.05, 0) is 31.5 Å². The summed E-state index contributed by atoms with van der Waals surface area (Å²) in [4.78, 5) is 14.9. The average Bonchev–Trinajstić information content (AvgIpc) is 2.61. The number of nitro groups is 1. The van der Waals surface area contributed by atoms with Gasteiger partial charge >= 0.3 is 0 Å². The molecule has 0 saturated heterocycles. The van der Waals surface area contributed by atoms with Crippen molar-refractivity contribution in [1.82, 2.24) is 4.98 Å². The number of aryl methyl sites for hydroxylation is 1. The molecule has 3 aromatic rings. The van der Waals surface area contributed by atoms with Crippen LogP contribution in [0.3, 0.4) is 0 Å². The van der Waals surface area contributed by atoms with Gasteiger partial charge in [-0.1, -0.05) is 29.8 Å². The summed E-state index contributed by atoms with van der Waals surface area (Å²) in [6.07, 6.45) is 0. The minimum Gasteiger partial charge on any atom is -0.363 e. The summed E-state index contributed by atoms with van der Waals surface area (Å²) in [5.41, 5.74) is 3.14. The van der Waals surface area contributed by atoms with E-state index in [1.807, 2.05) is 38.1 Å². The second-order valence-electron chi connectivity index (χ2n) is 5.90. The Bertz CT molecular complexity index is 991. The number of nitriles is 1. The van der Waals surface area contributed by atoms with E-state index >= 15 is 0 Å². The number of nitrogens with one attached hydrogen (secondary N) is 1. The fourth-order valence-electron chi connectivity index (χ4n) is 2.65. The number of fused-ring (bicyclic) bond motifs is 1. The Morgan fingerprint density at radius 3 is 2.56 bits per heavy atom. The van der Waals surface area contributed by atoms with Crippen molar-refractivity contribution in [3.63, 3.8) is 0 Å². The maximum absolute atomic E-state index is 10.9. The van der Waals surface area contributed by atoms with Gasteiger partial charge in [-0.15, -0.1) is 0 Å². The van der Waals surface area contributed by atoms with E-state index in [1.54, 1.807) is 12.1 Å². The van der Waals surface area contributed by atoms with E-state index in [-0.39, 0.29) is 11.7 Å². The Labute approximate surface area is 144 Å². The van der Waals surface area contributed by atoms with Crippen LogP contribution in [0.5, 0.6) is 0 Å². The summed E-state index contributed by atoms with van der Waals surface area (Å²) in [5, 5.41) is 24.1. The Morgan fingerprint density at radius 2 is 1.92 bits per heavy atom. The van der Waals surface area contributed by atoms with Gasteiger partial charge in [0.25, 0.3) is 5.69 Å². The van der Waals surface area contributed by atoms with Crippen LogP contribution in [-0.4, -0.2) is 9.91 Å².